The highest BCUT2D eigenvalue weighted by atomic mass is 32.2. The summed E-state index contributed by atoms with van der Waals surface area (Å²) in [6.45, 7) is 3.16. The van der Waals surface area contributed by atoms with Crippen LogP contribution in [0.15, 0.2) is 4.90 Å². The molecule has 0 radical (unpaired) electrons. The van der Waals surface area contributed by atoms with E-state index in [9.17, 15) is 21.6 Å². The van der Waals surface area contributed by atoms with Gasteiger partial charge >= 0.3 is 0 Å². The van der Waals surface area contributed by atoms with Crippen molar-refractivity contribution in [3.05, 3.63) is 11.4 Å². The molecule has 2 aliphatic rings. The number of amides is 1. The predicted molar refractivity (Wildman–Crippen MR) is 109 cm³/mol. The maximum absolute atomic E-state index is 13.3. The van der Waals surface area contributed by atoms with Gasteiger partial charge in [0.2, 0.25) is 15.9 Å². The van der Waals surface area contributed by atoms with Gasteiger partial charge in [0.1, 0.15) is 11.4 Å². The molecule has 0 N–H and O–H groups in total. The van der Waals surface area contributed by atoms with Crippen molar-refractivity contribution in [3.63, 3.8) is 0 Å². The highest BCUT2D eigenvalue weighted by molar-refractivity contribution is 7.91. The van der Waals surface area contributed by atoms with Crippen molar-refractivity contribution in [2.75, 3.05) is 25.6 Å². The first-order valence-corrected chi connectivity index (χ1v) is 13.2. The Kier molecular flexibility index (Phi) is 6.13. The molecule has 1 aliphatic heterocycles. The van der Waals surface area contributed by atoms with Gasteiger partial charge in [-0.05, 0) is 33.1 Å². The van der Waals surface area contributed by atoms with Crippen LogP contribution in [-0.4, -0.2) is 79.4 Å². The molecule has 0 bridgehead atoms. The zero-order valence-electron chi connectivity index (χ0n) is 17.5. The van der Waals surface area contributed by atoms with E-state index in [1.807, 2.05) is 0 Å². The fourth-order valence-electron chi connectivity index (χ4n) is 4.48. The van der Waals surface area contributed by atoms with Crippen LogP contribution < -0.4 is 0 Å². The Morgan fingerprint density at radius 3 is 2.28 bits per heavy atom. The minimum Gasteiger partial charge on any atom is -0.334 e. The molecule has 1 saturated heterocycles. The Balaban J connectivity index is 1.89. The third kappa shape index (κ3) is 4.36. The number of sulfone groups is 1. The molecule has 1 amide bonds. The van der Waals surface area contributed by atoms with Crippen molar-refractivity contribution in [2.24, 2.45) is 0 Å². The van der Waals surface area contributed by atoms with Gasteiger partial charge in [-0.25, -0.2) is 21.1 Å². The molecule has 164 valence electrons. The number of carbonyl (C=O) groups is 1. The molecule has 1 aliphatic carbocycles. The molecular weight excluding hydrogens is 416 g/mol. The van der Waals surface area contributed by atoms with Crippen molar-refractivity contribution < 1.29 is 21.6 Å². The number of nitrogens with zero attached hydrogens (tertiary/aromatic N) is 4. The Hall–Kier alpha value is -1.46. The molecule has 1 saturated carbocycles. The summed E-state index contributed by atoms with van der Waals surface area (Å²) in [6, 6.07) is -0.264. The van der Waals surface area contributed by atoms with Gasteiger partial charge in [-0.2, -0.15) is 5.10 Å². The minimum absolute atomic E-state index is 0.00656. The molecule has 0 unspecified atom stereocenters. The first-order valence-electron chi connectivity index (χ1n) is 9.92. The molecule has 3 rings (SSSR count). The number of rotatable bonds is 6. The SMILES string of the molecule is Cc1nn(CC(=O)N(C2CCCC2)[C@@H]2CCS(=O)(=O)C2)c(C)c1S(=O)(=O)N(C)C. The van der Waals surface area contributed by atoms with Gasteiger partial charge in [-0.15, -0.1) is 0 Å². The first kappa shape index (κ1) is 22.2. The average molecular weight is 447 g/mol. The second-order valence-corrected chi connectivity index (χ2v) is 12.6. The maximum Gasteiger partial charge on any atom is 0.246 e. The van der Waals surface area contributed by atoms with Gasteiger partial charge in [0.15, 0.2) is 9.84 Å². The summed E-state index contributed by atoms with van der Waals surface area (Å²) < 4.78 is 51.8. The van der Waals surface area contributed by atoms with Crippen molar-refractivity contribution in [2.45, 2.75) is 69.5 Å². The van der Waals surface area contributed by atoms with Crippen LogP contribution in [0.1, 0.15) is 43.5 Å². The van der Waals surface area contributed by atoms with E-state index in [1.54, 1.807) is 18.7 Å². The number of hydrogen-bond acceptors (Lipinski definition) is 6. The molecule has 0 aromatic carbocycles. The highest BCUT2D eigenvalue weighted by Crippen LogP contribution is 2.30. The molecule has 1 aromatic rings. The van der Waals surface area contributed by atoms with Crippen molar-refractivity contribution in [1.29, 1.82) is 0 Å². The second kappa shape index (κ2) is 7.99. The monoisotopic (exact) mass is 446 g/mol. The summed E-state index contributed by atoms with van der Waals surface area (Å²) in [5, 5.41) is 4.31. The van der Waals surface area contributed by atoms with Crippen molar-refractivity contribution in [3.8, 4) is 0 Å². The Labute approximate surface area is 173 Å². The topological polar surface area (TPSA) is 110 Å². The van der Waals surface area contributed by atoms with Crippen molar-refractivity contribution >= 4 is 25.8 Å². The fraction of sp³-hybridized carbons (Fsp3) is 0.778. The van der Waals surface area contributed by atoms with Crippen LogP contribution in [0.2, 0.25) is 0 Å². The predicted octanol–water partition coefficient (Wildman–Crippen LogP) is 0.709. The lowest BCUT2D eigenvalue weighted by Gasteiger charge is -2.34. The van der Waals surface area contributed by atoms with Crippen LogP contribution in [0.25, 0.3) is 0 Å². The lowest BCUT2D eigenvalue weighted by Crippen LogP contribution is -2.48. The lowest BCUT2D eigenvalue weighted by atomic mass is 10.1. The molecule has 9 nitrogen and oxygen atoms in total. The van der Waals surface area contributed by atoms with Gasteiger partial charge in [0.25, 0.3) is 0 Å². The van der Waals surface area contributed by atoms with E-state index in [2.05, 4.69) is 5.10 Å². The average Bonchev–Trinajstić information content (AvgIpc) is 3.29. The maximum atomic E-state index is 13.3. The molecule has 2 fully saturated rings. The number of carbonyl (C=O) groups excluding carboxylic acids is 1. The summed E-state index contributed by atoms with van der Waals surface area (Å²) in [4.78, 5) is 15.1. The van der Waals surface area contributed by atoms with E-state index in [-0.39, 0.29) is 40.9 Å². The first-order chi connectivity index (χ1) is 13.4. The summed E-state index contributed by atoms with van der Waals surface area (Å²) in [5.41, 5.74) is 0.759. The Morgan fingerprint density at radius 2 is 1.76 bits per heavy atom. The Bertz CT molecular complexity index is 992. The van der Waals surface area contributed by atoms with Crippen LogP contribution in [0.4, 0.5) is 0 Å². The molecule has 1 aromatic heterocycles. The highest BCUT2D eigenvalue weighted by Gasteiger charge is 2.39. The molecule has 2 heterocycles. The minimum atomic E-state index is -3.67. The quantitative estimate of drug-likeness (QED) is 0.636. The van der Waals surface area contributed by atoms with Gasteiger partial charge in [0, 0.05) is 26.2 Å². The van der Waals surface area contributed by atoms with Crippen LogP contribution >= 0.6 is 0 Å². The summed E-state index contributed by atoms with van der Waals surface area (Å²) in [6.07, 6.45) is 4.26. The van der Waals surface area contributed by atoms with E-state index in [0.717, 1.165) is 30.0 Å². The number of sulfonamides is 1. The third-order valence-corrected chi connectivity index (χ3v) is 9.77. The fourth-order valence-corrected chi connectivity index (χ4v) is 7.45. The van der Waals surface area contributed by atoms with Gasteiger partial charge in [-0.1, -0.05) is 12.8 Å². The molecule has 29 heavy (non-hydrogen) atoms. The van der Waals surface area contributed by atoms with Crippen LogP contribution in [-0.2, 0) is 31.2 Å². The van der Waals surface area contributed by atoms with Gasteiger partial charge < -0.3 is 4.90 Å². The van der Waals surface area contributed by atoms with E-state index in [0.29, 0.717) is 17.8 Å². The van der Waals surface area contributed by atoms with Gasteiger partial charge in [-0.3, -0.25) is 9.48 Å². The van der Waals surface area contributed by atoms with E-state index < -0.39 is 19.9 Å². The van der Waals surface area contributed by atoms with Gasteiger partial charge in [0.05, 0.1) is 22.9 Å². The largest absolute Gasteiger partial charge is 0.334 e. The van der Waals surface area contributed by atoms with Crippen molar-refractivity contribution in [1.82, 2.24) is 19.0 Å². The van der Waals surface area contributed by atoms with E-state index in [4.69, 9.17) is 0 Å². The zero-order valence-corrected chi connectivity index (χ0v) is 19.1. The number of aromatic nitrogens is 2. The van der Waals surface area contributed by atoms with Crippen LogP contribution in [0.5, 0.6) is 0 Å². The Morgan fingerprint density at radius 1 is 1.14 bits per heavy atom. The van der Waals surface area contributed by atoms with Crippen LogP contribution in [0.3, 0.4) is 0 Å². The number of aryl methyl sites for hydroxylation is 1. The van der Waals surface area contributed by atoms with E-state index in [1.165, 1.54) is 18.8 Å². The van der Waals surface area contributed by atoms with Crippen LogP contribution in [0, 0.1) is 13.8 Å². The normalized spacial score (nSPS) is 22.4. The third-order valence-electron chi connectivity index (χ3n) is 5.95. The standard InChI is InChI=1S/C18H30N4O5S2/c1-13-18(29(26,27)20(3)4)14(2)21(19-13)11-17(23)22(15-7-5-6-8-15)16-9-10-28(24,25)12-16/h15-16H,5-12H2,1-4H3/t16-/m1/s1. The summed E-state index contributed by atoms with van der Waals surface area (Å²) in [7, 11) is -3.88. The molecule has 11 heteroatoms. The lowest BCUT2D eigenvalue weighted by molar-refractivity contribution is -0.136. The summed E-state index contributed by atoms with van der Waals surface area (Å²) in [5.74, 6) is -0.0789. The second-order valence-electron chi connectivity index (χ2n) is 8.24. The molecular formula is C18H30N4O5S2. The summed E-state index contributed by atoms with van der Waals surface area (Å²) >= 11 is 0. The molecule has 0 spiro atoms. The van der Waals surface area contributed by atoms with E-state index >= 15 is 0 Å². The molecule has 1 atom stereocenters. The zero-order chi connectivity index (χ0) is 21.6. The number of hydrogen-bond donors (Lipinski definition) is 0. The smallest absolute Gasteiger partial charge is 0.246 e.